The Morgan fingerprint density at radius 1 is 1.11 bits per heavy atom. The molecule has 1 N–H and O–H groups in total. The second kappa shape index (κ2) is 9.30. The van der Waals surface area contributed by atoms with Crippen molar-refractivity contribution >= 4 is 27.5 Å². The van der Waals surface area contributed by atoms with Crippen molar-refractivity contribution in [1.82, 2.24) is 24.6 Å². The number of halogens is 5. The first-order chi connectivity index (χ1) is 17.4. The number of alkyl halides is 3. The Kier molecular flexibility index (Phi) is 6.40. The zero-order chi connectivity index (χ0) is 26.5. The first kappa shape index (κ1) is 25.5. The first-order valence-electron chi connectivity index (χ1n) is 11.1. The van der Waals surface area contributed by atoms with E-state index in [9.17, 15) is 30.8 Å². The SMILES string of the molecule is O=C(NCc1cc(Cl)nc(-c2cnc(C(F)(F)F)nc2)c1)C1C2CC(C2)N1S(=O)(=O)c1ccc(F)cc1. The standard InChI is InChI=1S/C23H18ClF4N5O3S/c24-19-6-12(5-18(32-19)14-10-30-22(31-11-14)23(26,27)28)9-29-21(34)20-13-7-16(8-13)33(20)37(35,36)17-3-1-15(25)2-4-17/h1-6,10-11,13,16,20H,7-9H2,(H,29,34). The first-order valence-corrected chi connectivity index (χ1v) is 12.9. The zero-order valence-electron chi connectivity index (χ0n) is 18.8. The van der Waals surface area contributed by atoms with Crippen LogP contribution in [0.4, 0.5) is 17.6 Å². The number of carbonyl (C=O) groups excluding carboxylic acids is 1. The quantitative estimate of drug-likeness (QED) is 0.366. The number of hydrogen-bond donors (Lipinski definition) is 1. The van der Waals surface area contributed by atoms with Crippen LogP contribution in [0, 0.1) is 11.7 Å². The summed E-state index contributed by atoms with van der Waals surface area (Å²) in [6.45, 7) is -0.0338. The van der Waals surface area contributed by atoms with Crippen LogP contribution in [0.3, 0.4) is 0 Å². The van der Waals surface area contributed by atoms with Gasteiger partial charge in [-0.2, -0.15) is 17.5 Å². The Labute approximate surface area is 213 Å². The zero-order valence-corrected chi connectivity index (χ0v) is 20.4. The van der Waals surface area contributed by atoms with Crippen molar-refractivity contribution < 1.29 is 30.8 Å². The average Bonchev–Trinajstić information content (AvgIpc) is 3.40. The van der Waals surface area contributed by atoms with Crippen molar-refractivity contribution in [1.29, 1.82) is 0 Å². The lowest BCUT2D eigenvalue weighted by atomic mass is 9.83. The summed E-state index contributed by atoms with van der Waals surface area (Å²) in [7, 11) is -4.02. The predicted molar refractivity (Wildman–Crippen MR) is 123 cm³/mol. The van der Waals surface area contributed by atoms with Gasteiger partial charge in [0, 0.05) is 30.5 Å². The molecular weight excluding hydrogens is 538 g/mol. The van der Waals surface area contributed by atoms with Gasteiger partial charge in [0.15, 0.2) is 0 Å². The van der Waals surface area contributed by atoms with Crippen LogP contribution in [-0.4, -0.2) is 45.7 Å². The van der Waals surface area contributed by atoms with Crippen molar-refractivity contribution in [3.8, 4) is 11.3 Å². The second-order valence-electron chi connectivity index (χ2n) is 8.81. The van der Waals surface area contributed by atoms with Crippen molar-refractivity contribution in [3.63, 3.8) is 0 Å². The number of rotatable bonds is 6. The minimum Gasteiger partial charge on any atom is -0.351 e. The summed E-state index contributed by atoms with van der Waals surface area (Å²) in [5.41, 5.74) is 0.881. The second-order valence-corrected chi connectivity index (χ2v) is 11.0. The molecule has 1 amide bonds. The van der Waals surface area contributed by atoms with E-state index < -0.39 is 39.8 Å². The molecule has 14 heteroatoms. The molecule has 1 aromatic carbocycles. The summed E-state index contributed by atoms with van der Waals surface area (Å²) < 4.78 is 79.2. The van der Waals surface area contributed by atoms with Gasteiger partial charge in [-0.15, -0.1) is 0 Å². The monoisotopic (exact) mass is 555 g/mol. The van der Waals surface area contributed by atoms with Crippen molar-refractivity contribution in [2.45, 2.75) is 42.5 Å². The maximum atomic E-state index is 13.3. The Balaban J connectivity index is 1.32. The number of amides is 1. The smallest absolute Gasteiger partial charge is 0.351 e. The summed E-state index contributed by atoms with van der Waals surface area (Å²) in [6, 6.07) is 6.20. The number of fused-ring (bicyclic) bond motifs is 1. The van der Waals surface area contributed by atoms with Crippen molar-refractivity contribution in [2.75, 3.05) is 0 Å². The van der Waals surface area contributed by atoms with Gasteiger partial charge in [-0.05, 0) is 60.7 Å². The molecule has 4 heterocycles. The lowest BCUT2D eigenvalue weighted by molar-refractivity contribution is -0.145. The maximum absolute atomic E-state index is 13.3. The lowest BCUT2D eigenvalue weighted by Gasteiger charge is -2.25. The molecule has 0 spiro atoms. The fourth-order valence-corrected chi connectivity index (χ4v) is 6.72. The van der Waals surface area contributed by atoms with Gasteiger partial charge in [0.2, 0.25) is 21.8 Å². The van der Waals surface area contributed by atoms with E-state index in [2.05, 4.69) is 20.3 Å². The molecule has 2 aliphatic heterocycles. The Morgan fingerprint density at radius 3 is 2.38 bits per heavy atom. The van der Waals surface area contributed by atoms with Gasteiger partial charge in [0.05, 0.1) is 10.6 Å². The number of carbonyl (C=O) groups is 1. The molecular formula is C23H18ClF4N5O3S. The summed E-state index contributed by atoms with van der Waals surface area (Å²) in [6.07, 6.45) is -1.63. The fraction of sp³-hybridized carbons (Fsp3) is 0.304. The third-order valence-corrected chi connectivity index (χ3v) is 8.55. The molecule has 1 saturated carbocycles. The average molecular weight is 556 g/mol. The Morgan fingerprint density at radius 2 is 1.76 bits per heavy atom. The molecule has 3 aliphatic rings. The van der Waals surface area contributed by atoms with Gasteiger partial charge in [0.25, 0.3) is 0 Å². The number of nitrogens with one attached hydrogen (secondary N) is 1. The number of sulfonamides is 1. The van der Waals surface area contributed by atoms with Crippen LogP contribution < -0.4 is 5.32 Å². The highest BCUT2D eigenvalue weighted by Gasteiger charge is 2.58. The Bertz CT molecular complexity index is 1450. The number of benzene rings is 1. The summed E-state index contributed by atoms with van der Waals surface area (Å²) in [4.78, 5) is 23.7. The topological polar surface area (TPSA) is 105 Å². The number of hydrogen-bond acceptors (Lipinski definition) is 6. The number of aromatic nitrogens is 3. The van der Waals surface area contributed by atoms with Gasteiger partial charge in [-0.25, -0.2) is 27.8 Å². The van der Waals surface area contributed by atoms with E-state index in [0.29, 0.717) is 18.4 Å². The molecule has 37 heavy (non-hydrogen) atoms. The summed E-state index contributed by atoms with van der Waals surface area (Å²) >= 11 is 6.08. The molecule has 2 saturated heterocycles. The molecule has 8 nitrogen and oxygen atoms in total. The van der Waals surface area contributed by atoms with E-state index in [1.807, 2.05) is 0 Å². The van der Waals surface area contributed by atoms with E-state index in [1.54, 1.807) is 0 Å². The maximum Gasteiger partial charge on any atom is 0.451 e. The normalized spacial score (nSPS) is 21.5. The molecule has 1 atom stereocenters. The minimum absolute atomic E-state index is 0.0327. The van der Waals surface area contributed by atoms with Gasteiger partial charge >= 0.3 is 6.18 Å². The highest BCUT2D eigenvalue weighted by atomic mass is 35.5. The van der Waals surface area contributed by atoms with E-state index in [-0.39, 0.29) is 39.8 Å². The van der Waals surface area contributed by atoms with E-state index in [4.69, 9.17) is 11.6 Å². The molecule has 0 radical (unpaired) electrons. The van der Waals surface area contributed by atoms with Crippen LogP contribution in [-0.2, 0) is 27.5 Å². The molecule has 3 aromatic rings. The minimum atomic E-state index is -4.69. The third-order valence-electron chi connectivity index (χ3n) is 6.41. The predicted octanol–water partition coefficient (Wildman–Crippen LogP) is 3.82. The number of nitrogens with zero attached hydrogens (tertiary/aromatic N) is 4. The molecule has 194 valence electrons. The van der Waals surface area contributed by atoms with Crippen LogP contribution in [0.25, 0.3) is 11.3 Å². The highest BCUT2D eigenvalue weighted by Crippen LogP contribution is 2.48. The van der Waals surface area contributed by atoms with Gasteiger partial charge in [0.1, 0.15) is 17.0 Å². The van der Waals surface area contributed by atoms with Gasteiger partial charge < -0.3 is 5.32 Å². The molecule has 2 bridgehead atoms. The highest BCUT2D eigenvalue weighted by molar-refractivity contribution is 7.89. The molecule has 3 fully saturated rings. The van der Waals surface area contributed by atoms with E-state index in [1.165, 1.54) is 28.6 Å². The fourth-order valence-electron chi connectivity index (χ4n) is 4.63. The van der Waals surface area contributed by atoms with Crippen LogP contribution in [0.1, 0.15) is 24.2 Å². The molecule has 2 aromatic heterocycles. The molecule has 6 rings (SSSR count). The van der Waals surface area contributed by atoms with Crippen LogP contribution in [0.5, 0.6) is 0 Å². The lowest BCUT2D eigenvalue weighted by Crippen LogP contribution is -2.46. The Hall–Kier alpha value is -3.16. The molecule has 1 aliphatic carbocycles. The summed E-state index contributed by atoms with van der Waals surface area (Å²) in [5.74, 6) is -2.50. The summed E-state index contributed by atoms with van der Waals surface area (Å²) in [5, 5.41) is 2.76. The number of pyridine rings is 1. The van der Waals surface area contributed by atoms with Crippen molar-refractivity contribution in [2.24, 2.45) is 5.92 Å². The van der Waals surface area contributed by atoms with Crippen LogP contribution in [0.15, 0.2) is 53.7 Å². The largest absolute Gasteiger partial charge is 0.451 e. The van der Waals surface area contributed by atoms with E-state index >= 15 is 0 Å². The molecule has 1 unspecified atom stereocenters. The van der Waals surface area contributed by atoms with E-state index in [0.717, 1.165) is 24.5 Å². The van der Waals surface area contributed by atoms with Gasteiger partial charge in [-0.1, -0.05) is 11.6 Å². The van der Waals surface area contributed by atoms with Gasteiger partial charge in [-0.3, -0.25) is 4.79 Å². The van der Waals surface area contributed by atoms with Crippen LogP contribution >= 0.6 is 11.6 Å². The van der Waals surface area contributed by atoms with Crippen molar-refractivity contribution in [3.05, 3.63) is 71.2 Å². The van der Waals surface area contributed by atoms with Crippen LogP contribution in [0.2, 0.25) is 5.15 Å². The third kappa shape index (κ3) is 4.90.